The standard InChI is InChI=1S/C13H17F3N2O/c14-13(15,16)9-3-4-12(11(17)8-9)18-6-5-10-2-1-7-19-10/h3-4,8,10,18H,1-2,5-7,17H2. The summed E-state index contributed by atoms with van der Waals surface area (Å²) in [5.41, 5.74) is 5.54. The van der Waals surface area contributed by atoms with Gasteiger partial charge in [-0.2, -0.15) is 13.2 Å². The topological polar surface area (TPSA) is 47.3 Å². The first-order valence-corrected chi connectivity index (χ1v) is 6.29. The zero-order valence-corrected chi connectivity index (χ0v) is 10.5. The SMILES string of the molecule is Nc1cc(C(F)(F)F)ccc1NCCC1CCCO1. The average molecular weight is 274 g/mol. The van der Waals surface area contributed by atoms with E-state index in [2.05, 4.69) is 5.32 Å². The van der Waals surface area contributed by atoms with E-state index in [-0.39, 0.29) is 11.8 Å². The summed E-state index contributed by atoms with van der Waals surface area (Å²) in [5.74, 6) is 0. The Kier molecular flexibility index (Phi) is 4.19. The lowest BCUT2D eigenvalue weighted by Gasteiger charge is -2.14. The van der Waals surface area contributed by atoms with Crippen molar-refractivity contribution in [3.05, 3.63) is 23.8 Å². The highest BCUT2D eigenvalue weighted by molar-refractivity contribution is 5.67. The Balaban J connectivity index is 1.90. The molecule has 0 aliphatic carbocycles. The van der Waals surface area contributed by atoms with Gasteiger partial charge in [0, 0.05) is 13.2 Å². The van der Waals surface area contributed by atoms with Crippen molar-refractivity contribution >= 4 is 11.4 Å². The molecule has 0 saturated carbocycles. The zero-order chi connectivity index (χ0) is 13.9. The van der Waals surface area contributed by atoms with E-state index in [1.807, 2.05) is 0 Å². The number of nitrogens with one attached hydrogen (secondary N) is 1. The van der Waals surface area contributed by atoms with Crippen molar-refractivity contribution in [1.29, 1.82) is 0 Å². The molecule has 1 aliphatic heterocycles. The molecule has 1 heterocycles. The molecule has 106 valence electrons. The van der Waals surface area contributed by atoms with Gasteiger partial charge in [-0.05, 0) is 37.5 Å². The second-order valence-electron chi connectivity index (χ2n) is 4.65. The summed E-state index contributed by atoms with van der Waals surface area (Å²) < 4.78 is 42.9. The molecule has 2 rings (SSSR count). The fourth-order valence-corrected chi connectivity index (χ4v) is 2.14. The number of hydrogen-bond donors (Lipinski definition) is 2. The van der Waals surface area contributed by atoms with Crippen molar-refractivity contribution in [2.24, 2.45) is 0 Å². The molecule has 1 aromatic rings. The van der Waals surface area contributed by atoms with E-state index in [1.165, 1.54) is 6.07 Å². The third-order valence-electron chi connectivity index (χ3n) is 3.18. The number of benzene rings is 1. The number of hydrogen-bond acceptors (Lipinski definition) is 3. The number of ether oxygens (including phenoxy) is 1. The maximum absolute atomic E-state index is 12.5. The molecule has 1 aromatic carbocycles. The molecule has 3 nitrogen and oxygen atoms in total. The monoisotopic (exact) mass is 274 g/mol. The second kappa shape index (κ2) is 5.69. The molecule has 1 unspecified atom stereocenters. The molecule has 1 saturated heterocycles. The Morgan fingerprint density at radius 1 is 1.37 bits per heavy atom. The molecule has 19 heavy (non-hydrogen) atoms. The minimum atomic E-state index is -4.36. The predicted molar refractivity (Wildman–Crippen MR) is 67.9 cm³/mol. The van der Waals surface area contributed by atoms with Gasteiger partial charge in [0.05, 0.1) is 23.0 Å². The number of anilines is 2. The van der Waals surface area contributed by atoms with Crippen LogP contribution in [0.1, 0.15) is 24.8 Å². The van der Waals surface area contributed by atoms with Gasteiger partial charge < -0.3 is 15.8 Å². The maximum atomic E-state index is 12.5. The first-order chi connectivity index (χ1) is 8.97. The van der Waals surface area contributed by atoms with E-state index in [9.17, 15) is 13.2 Å². The van der Waals surface area contributed by atoms with Crippen LogP contribution in [0.15, 0.2) is 18.2 Å². The lowest BCUT2D eigenvalue weighted by molar-refractivity contribution is -0.137. The van der Waals surface area contributed by atoms with Crippen LogP contribution < -0.4 is 11.1 Å². The normalized spacial score (nSPS) is 19.6. The highest BCUT2D eigenvalue weighted by Crippen LogP contribution is 2.32. The quantitative estimate of drug-likeness (QED) is 0.828. The largest absolute Gasteiger partial charge is 0.416 e. The van der Waals surface area contributed by atoms with Crippen LogP contribution in [0.3, 0.4) is 0 Å². The van der Waals surface area contributed by atoms with Gasteiger partial charge >= 0.3 is 6.18 Å². The highest BCUT2D eigenvalue weighted by Gasteiger charge is 2.30. The first-order valence-electron chi connectivity index (χ1n) is 6.29. The van der Waals surface area contributed by atoms with Crippen molar-refractivity contribution in [2.45, 2.75) is 31.5 Å². The summed E-state index contributed by atoms with van der Waals surface area (Å²) >= 11 is 0. The molecule has 0 amide bonds. The summed E-state index contributed by atoms with van der Waals surface area (Å²) in [6, 6.07) is 3.35. The number of nitrogen functional groups attached to an aromatic ring is 1. The van der Waals surface area contributed by atoms with E-state index in [4.69, 9.17) is 10.5 Å². The second-order valence-corrected chi connectivity index (χ2v) is 4.65. The van der Waals surface area contributed by atoms with Gasteiger partial charge in [0.1, 0.15) is 0 Å². The molecule has 6 heteroatoms. The fraction of sp³-hybridized carbons (Fsp3) is 0.538. The van der Waals surface area contributed by atoms with Crippen LogP contribution in [0.4, 0.5) is 24.5 Å². The molecular formula is C13H17F3N2O. The van der Waals surface area contributed by atoms with Crippen LogP contribution in [0.2, 0.25) is 0 Å². The van der Waals surface area contributed by atoms with Crippen LogP contribution in [-0.4, -0.2) is 19.3 Å². The van der Waals surface area contributed by atoms with Crippen LogP contribution in [0.5, 0.6) is 0 Å². The lowest BCUT2D eigenvalue weighted by Crippen LogP contribution is -2.13. The third-order valence-corrected chi connectivity index (χ3v) is 3.18. The number of nitrogens with two attached hydrogens (primary N) is 1. The molecule has 1 fully saturated rings. The van der Waals surface area contributed by atoms with E-state index < -0.39 is 11.7 Å². The molecule has 0 bridgehead atoms. The van der Waals surface area contributed by atoms with E-state index in [1.54, 1.807) is 0 Å². The van der Waals surface area contributed by atoms with E-state index in [0.717, 1.165) is 38.0 Å². The summed E-state index contributed by atoms with van der Waals surface area (Å²) in [6.45, 7) is 1.44. The van der Waals surface area contributed by atoms with Crippen molar-refractivity contribution in [3.63, 3.8) is 0 Å². The Bertz CT molecular complexity index is 428. The molecular weight excluding hydrogens is 257 g/mol. The van der Waals surface area contributed by atoms with Gasteiger partial charge in [0.25, 0.3) is 0 Å². The summed E-state index contributed by atoms with van der Waals surface area (Å²) in [4.78, 5) is 0. The fourth-order valence-electron chi connectivity index (χ4n) is 2.14. The Morgan fingerprint density at radius 2 is 2.16 bits per heavy atom. The van der Waals surface area contributed by atoms with E-state index in [0.29, 0.717) is 12.2 Å². The predicted octanol–water partition coefficient (Wildman–Crippen LogP) is 3.27. The van der Waals surface area contributed by atoms with Crippen LogP contribution in [-0.2, 0) is 10.9 Å². The summed E-state index contributed by atoms with van der Waals surface area (Å²) in [7, 11) is 0. The molecule has 0 aromatic heterocycles. The van der Waals surface area contributed by atoms with Gasteiger partial charge in [-0.1, -0.05) is 0 Å². The highest BCUT2D eigenvalue weighted by atomic mass is 19.4. The Labute approximate surface area is 109 Å². The van der Waals surface area contributed by atoms with Gasteiger partial charge in [0.2, 0.25) is 0 Å². The van der Waals surface area contributed by atoms with Gasteiger partial charge in [-0.15, -0.1) is 0 Å². The molecule has 3 N–H and O–H groups in total. The van der Waals surface area contributed by atoms with E-state index >= 15 is 0 Å². The van der Waals surface area contributed by atoms with Gasteiger partial charge in [-0.25, -0.2) is 0 Å². The van der Waals surface area contributed by atoms with Crippen LogP contribution >= 0.6 is 0 Å². The lowest BCUT2D eigenvalue weighted by atomic mass is 10.1. The smallest absolute Gasteiger partial charge is 0.397 e. The summed E-state index contributed by atoms with van der Waals surface area (Å²) in [6.07, 6.45) is -1.15. The maximum Gasteiger partial charge on any atom is 0.416 e. The number of rotatable bonds is 4. The van der Waals surface area contributed by atoms with Crippen molar-refractivity contribution in [3.8, 4) is 0 Å². The minimum absolute atomic E-state index is 0.113. The molecule has 1 atom stereocenters. The number of halogens is 3. The van der Waals surface area contributed by atoms with Crippen molar-refractivity contribution < 1.29 is 17.9 Å². The average Bonchev–Trinajstić information content (AvgIpc) is 2.83. The Morgan fingerprint density at radius 3 is 2.74 bits per heavy atom. The zero-order valence-electron chi connectivity index (χ0n) is 10.5. The van der Waals surface area contributed by atoms with Crippen LogP contribution in [0, 0.1) is 0 Å². The molecule has 1 aliphatic rings. The number of alkyl halides is 3. The Hall–Kier alpha value is -1.43. The van der Waals surface area contributed by atoms with Gasteiger partial charge in [-0.3, -0.25) is 0 Å². The van der Waals surface area contributed by atoms with Crippen molar-refractivity contribution in [2.75, 3.05) is 24.2 Å². The van der Waals surface area contributed by atoms with Gasteiger partial charge in [0.15, 0.2) is 0 Å². The third kappa shape index (κ3) is 3.76. The van der Waals surface area contributed by atoms with Crippen molar-refractivity contribution in [1.82, 2.24) is 0 Å². The van der Waals surface area contributed by atoms with Crippen LogP contribution in [0.25, 0.3) is 0 Å². The molecule has 0 spiro atoms. The molecule has 0 radical (unpaired) electrons. The minimum Gasteiger partial charge on any atom is -0.397 e. The summed E-state index contributed by atoms with van der Waals surface area (Å²) in [5, 5.41) is 3.05. The first kappa shape index (κ1) is 14.0.